The molecule has 1 aliphatic rings. The van der Waals surface area contributed by atoms with Gasteiger partial charge in [0, 0.05) is 11.3 Å². The lowest BCUT2D eigenvalue weighted by molar-refractivity contribution is -0.115. The molecule has 0 saturated carbocycles. The Labute approximate surface area is 124 Å². The Balaban J connectivity index is 2.36. The Hall–Kier alpha value is -0.900. The second kappa shape index (κ2) is 5.23. The summed E-state index contributed by atoms with van der Waals surface area (Å²) in [5.74, 6) is -0.143. The van der Waals surface area contributed by atoms with Crippen molar-refractivity contribution in [2.45, 2.75) is 44.2 Å². The molecule has 0 saturated heterocycles. The number of nitrogens with zero attached hydrogens (tertiary/aromatic N) is 1. The molecule has 1 amide bonds. The third kappa shape index (κ3) is 2.99. The lowest BCUT2D eigenvalue weighted by Crippen LogP contribution is -2.31. The molecule has 1 aromatic rings. The van der Waals surface area contributed by atoms with Crippen LogP contribution in [0.25, 0.3) is 0 Å². The predicted octanol–water partition coefficient (Wildman–Crippen LogP) is 3.19. The predicted molar refractivity (Wildman–Crippen MR) is 78.6 cm³/mol. The topological polar surface area (TPSA) is 62.1 Å². The van der Waals surface area contributed by atoms with Gasteiger partial charge in [0.05, 0.1) is 22.6 Å². The van der Waals surface area contributed by atoms with Crippen molar-refractivity contribution in [1.29, 1.82) is 5.26 Å². The zero-order chi connectivity index (χ0) is 14.2. The van der Waals surface area contributed by atoms with Crippen LogP contribution in [0.2, 0.25) is 0 Å². The highest BCUT2D eigenvalue weighted by Gasteiger charge is 2.31. The molecule has 1 N–H and O–H groups in total. The molecule has 1 aliphatic heterocycles. The van der Waals surface area contributed by atoms with E-state index in [4.69, 9.17) is 4.74 Å². The number of hydrogen-bond donors (Lipinski definition) is 1. The minimum Gasteiger partial charge on any atom is -0.370 e. The smallest absolute Gasteiger partial charge is 0.238 e. The molecule has 0 fully saturated rings. The highest BCUT2D eigenvalue weighted by atomic mass is 79.9. The normalized spacial score (nSPS) is 18.3. The summed E-state index contributed by atoms with van der Waals surface area (Å²) in [6, 6.07) is 2.21. The molecule has 2 rings (SSSR count). The van der Waals surface area contributed by atoms with Gasteiger partial charge in [-0.15, -0.1) is 11.3 Å². The van der Waals surface area contributed by atoms with E-state index in [1.54, 1.807) is 6.92 Å². The van der Waals surface area contributed by atoms with Crippen molar-refractivity contribution >= 4 is 38.2 Å². The van der Waals surface area contributed by atoms with Gasteiger partial charge < -0.3 is 10.1 Å². The molecular formula is C13H15BrN2O2S. The number of halogens is 1. The van der Waals surface area contributed by atoms with Gasteiger partial charge in [0.25, 0.3) is 0 Å². The molecule has 102 valence electrons. The first-order valence-electron chi connectivity index (χ1n) is 5.97. The van der Waals surface area contributed by atoms with E-state index in [1.165, 1.54) is 11.3 Å². The summed E-state index contributed by atoms with van der Waals surface area (Å²) in [6.07, 6.45) is 0.696. The Morgan fingerprint density at radius 2 is 2.32 bits per heavy atom. The average Bonchev–Trinajstić information content (AvgIpc) is 2.64. The van der Waals surface area contributed by atoms with Crippen molar-refractivity contribution < 1.29 is 9.53 Å². The van der Waals surface area contributed by atoms with Crippen molar-refractivity contribution in [3.8, 4) is 6.07 Å². The van der Waals surface area contributed by atoms with Gasteiger partial charge in [-0.2, -0.15) is 5.26 Å². The standard InChI is InChI=1S/C13H15BrN2O2S/c1-7(14)11(17)16-12-9(5-15)8-4-13(2,3)18-6-10(8)19-12/h7H,4,6H2,1-3H3,(H,16,17)/t7-/m0/s1. The number of thiophene rings is 1. The van der Waals surface area contributed by atoms with Gasteiger partial charge >= 0.3 is 0 Å². The van der Waals surface area contributed by atoms with Gasteiger partial charge in [-0.25, -0.2) is 0 Å². The van der Waals surface area contributed by atoms with Crippen LogP contribution in [-0.4, -0.2) is 16.3 Å². The van der Waals surface area contributed by atoms with Crippen LogP contribution in [0.15, 0.2) is 0 Å². The van der Waals surface area contributed by atoms with Crippen LogP contribution in [-0.2, 0) is 22.6 Å². The fraction of sp³-hybridized carbons (Fsp3) is 0.538. The number of anilines is 1. The number of alkyl halides is 1. The van der Waals surface area contributed by atoms with E-state index >= 15 is 0 Å². The minimum atomic E-state index is -0.286. The first-order valence-corrected chi connectivity index (χ1v) is 7.71. The van der Waals surface area contributed by atoms with E-state index in [0.29, 0.717) is 23.6 Å². The summed E-state index contributed by atoms with van der Waals surface area (Å²) in [7, 11) is 0. The van der Waals surface area contributed by atoms with Crippen molar-refractivity contribution in [3.05, 3.63) is 16.0 Å². The Morgan fingerprint density at radius 3 is 2.89 bits per heavy atom. The van der Waals surface area contributed by atoms with Crippen molar-refractivity contribution in [3.63, 3.8) is 0 Å². The summed E-state index contributed by atoms with van der Waals surface area (Å²) in [4.78, 5) is 12.5. The van der Waals surface area contributed by atoms with Crippen molar-refractivity contribution in [2.24, 2.45) is 0 Å². The number of ether oxygens (including phenoxy) is 1. The summed E-state index contributed by atoms with van der Waals surface area (Å²) >= 11 is 4.65. The molecule has 0 aliphatic carbocycles. The molecule has 1 atom stereocenters. The molecule has 0 radical (unpaired) electrons. The van der Waals surface area contributed by atoms with Crippen LogP contribution in [0.3, 0.4) is 0 Å². The Kier molecular flexibility index (Phi) is 4.00. The largest absolute Gasteiger partial charge is 0.370 e. The fourth-order valence-corrected chi connectivity index (χ4v) is 3.17. The maximum Gasteiger partial charge on any atom is 0.238 e. The second-order valence-corrected chi connectivity index (χ2v) is 7.63. The number of carbonyl (C=O) groups is 1. The molecule has 6 heteroatoms. The van der Waals surface area contributed by atoms with Gasteiger partial charge in [0.15, 0.2) is 0 Å². The monoisotopic (exact) mass is 342 g/mol. The van der Waals surface area contributed by atoms with Crippen LogP contribution >= 0.6 is 27.3 Å². The van der Waals surface area contributed by atoms with Gasteiger partial charge in [-0.3, -0.25) is 4.79 Å². The van der Waals surface area contributed by atoms with E-state index in [1.807, 2.05) is 13.8 Å². The number of amides is 1. The number of hydrogen-bond acceptors (Lipinski definition) is 4. The lowest BCUT2D eigenvalue weighted by Gasteiger charge is -2.29. The van der Waals surface area contributed by atoms with Gasteiger partial charge in [-0.05, 0) is 26.3 Å². The molecule has 19 heavy (non-hydrogen) atoms. The van der Waals surface area contributed by atoms with Gasteiger partial charge in [0.1, 0.15) is 11.1 Å². The zero-order valence-corrected chi connectivity index (χ0v) is 13.4. The number of nitrogens with one attached hydrogen (secondary N) is 1. The van der Waals surface area contributed by atoms with Gasteiger partial charge in [0.2, 0.25) is 5.91 Å². The van der Waals surface area contributed by atoms with Crippen molar-refractivity contribution in [1.82, 2.24) is 0 Å². The maximum atomic E-state index is 11.7. The highest BCUT2D eigenvalue weighted by Crippen LogP contribution is 2.40. The average molecular weight is 343 g/mol. The SMILES string of the molecule is C[C@H](Br)C(=O)Nc1sc2c(c1C#N)CC(C)(C)OC2. The summed E-state index contributed by atoms with van der Waals surface area (Å²) < 4.78 is 5.74. The van der Waals surface area contributed by atoms with Crippen LogP contribution < -0.4 is 5.32 Å². The van der Waals surface area contributed by atoms with Crippen LogP contribution in [0.4, 0.5) is 5.00 Å². The number of rotatable bonds is 2. The number of fused-ring (bicyclic) bond motifs is 1. The first kappa shape index (κ1) is 14.5. The third-order valence-electron chi connectivity index (χ3n) is 3.00. The molecule has 1 aromatic heterocycles. The van der Waals surface area contributed by atoms with E-state index in [2.05, 4.69) is 27.3 Å². The zero-order valence-electron chi connectivity index (χ0n) is 11.0. The molecule has 0 bridgehead atoms. The molecule has 4 nitrogen and oxygen atoms in total. The molecule has 2 heterocycles. The minimum absolute atomic E-state index is 0.143. The van der Waals surface area contributed by atoms with Gasteiger partial charge in [-0.1, -0.05) is 15.9 Å². The quantitative estimate of drug-likeness (QED) is 0.839. The molecule has 0 aromatic carbocycles. The van der Waals surface area contributed by atoms with E-state index < -0.39 is 0 Å². The Morgan fingerprint density at radius 1 is 1.63 bits per heavy atom. The summed E-state index contributed by atoms with van der Waals surface area (Å²) in [6.45, 7) is 6.27. The highest BCUT2D eigenvalue weighted by molar-refractivity contribution is 9.10. The second-order valence-electron chi connectivity index (χ2n) is 5.15. The van der Waals surface area contributed by atoms with E-state index in [-0.39, 0.29) is 16.3 Å². The van der Waals surface area contributed by atoms with Crippen molar-refractivity contribution in [2.75, 3.05) is 5.32 Å². The number of nitriles is 1. The molecule has 0 spiro atoms. The molecular weight excluding hydrogens is 328 g/mol. The van der Waals surface area contributed by atoms with Crippen LogP contribution in [0.5, 0.6) is 0 Å². The third-order valence-corrected chi connectivity index (χ3v) is 4.53. The number of carbonyl (C=O) groups excluding carboxylic acids is 1. The summed E-state index contributed by atoms with van der Waals surface area (Å²) in [5.41, 5.74) is 1.34. The van der Waals surface area contributed by atoms with Crippen LogP contribution in [0, 0.1) is 11.3 Å². The lowest BCUT2D eigenvalue weighted by atomic mass is 9.93. The molecule has 0 unspecified atom stereocenters. The van der Waals surface area contributed by atoms with Crippen LogP contribution in [0.1, 0.15) is 36.8 Å². The van der Waals surface area contributed by atoms with E-state index in [9.17, 15) is 10.1 Å². The first-order chi connectivity index (χ1) is 8.84. The van der Waals surface area contributed by atoms with E-state index in [0.717, 1.165) is 10.4 Å². The maximum absolute atomic E-state index is 11.7. The Bertz CT molecular complexity index is 558. The fourth-order valence-electron chi connectivity index (χ4n) is 1.97. The summed E-state index contributed by atoms with van der Waals surface area (Å²) in [5, 5.41) is 12.8.